The molecule has 0 spiro atoms. The van der Waals surface area contributed by atoms with Gasteiger partial charge in [-0.05, 0) is 24.6 Å². The minimum Gasteiger partial charge on any atom is -0.489 e. The Hall–Kier alpha value is -3.02. The highest BCUT2D eigenvalue weighted by molar-refractivity contribution is 5.74. The van der Waals surface area contributed by atoms with Gasteiger partial charge in [-0.1, -0.05) is 24.3 Å². The lowest BCUT2D eigenvalue weighted by atomic mass is 10.2. The van der Waals surface area contributed by atoms with E-state index in [0.717, 1.165) is 22.4 Å². The Morgan fingerprint density at radius 2 is 2.20 bits per heavy atom. The normalized spacial score (nSPS) is 16.8. The van der Waals surface area contributed by atoms with E-state index in [-0.39, 0.29) is 12.1 Å². The fraction of sp³-hybridized carbons (Fsp3) is 0.263. The van der Waals surface area contributed by atoms with Gasteiger partial charge in [-0.2, -0.15) is 0 Å². The molecule has 0 saturated carbocycles. The minimum atomic E-state index is -0.0853. The molecule has 2 aromatic heterocycles. The van der Waals surface area contributed by atoms with Crippen LogP contribution in [0.5, 0.6) is 5.75 Å². The van der Waals surface area contributed by atoms with Crippen molar-refractivity contribution in [2.75, 3.05) is 6.54 Å². The summed E-state index contributed by atoms with van der Waals surface area (Å²) in [6, 6.07) is 11.8. The van der Waals surface area contributed by atoms with Gasteiger partial charge >= 0.3 is 6.03 Å². The number of ether oxygens (including phenoxy) is 1. The highest BCUT2D eigenvalue weighted by Gasteiger charge is 2.23. The summed E-state index contributed by atoms with van der Waals surface area (Å²) in [5, 5.41) is 3.00. The van der Waals surface area contributed by atoms with Crippen LogP contribution in [0.25, 0.3) is 5.52 Å². The van der Waals surface area contributed by atoms with Crippen LogP contribution < -0.4 is 10.1 Å². The average molecular weight is 336 g/mol. The van der Waals surface area contributed by atoms with Crippen molar-refractivity contribution in [2.45, 2.75) is 26.1 Å². The molecule has 6 heteroatoms. The second-order valence-corrected chi connectivity index (χ2v) is 6.34. The van der Waals surface area contributed by atoms with Gasteiger partial charge in [0.2, 0.25) is 0 Å². The topological polar surface area (TPSA) is 58.9 Å². The highest BCUT2D eigenvalue weighted by atomic mass is 16.5. The van der Waals surface area contributed by atoms with E-state index in [1.807, 2.05) is 53.9 Å². The molecule has 0 saturated heterocycles. The number of fused-ring (bicyclic) bond motifs is 2. The molecule has 1 aliphatic rings. The Morgan fingerprint density at radius 1 is 1.32 bits per heavy atom. The molecule has 0 radical (unpaired) electrons. The molecule has 1 aliphatic heterocycles. The van der Waals surface area contributed by atoms with Gasteiger partial charge in [0.25, 0.3) is 0 Å². The first-order valence-electron chi connectivity index (χ1n) is 8.37. The number of pyridine rings is 1. The number of imidazole rings is 1. The number of nitrogens with zero attached hydrogens (tertiary/aromatic N) is 3. The summed E-state index contributed by atoms with van der Waals surface area (Å²) >= 11 is 0. The van der Waals surface area contributed by atoms with Crippen molar-refractivity contribution >= 4 is 11.5 Å². The second kappa shape index (κ2) is 6.47. The summed E-state index contributed by atoms with van der Waals surface area (Å²) in [4.78, 5) is 18.5. The number of rotatable bonds is 2. The summed E-state index contributed by atoms with van der Waals surface area (Å²) in [7, 11) is 0. The van der Waals surface area contributed by atoms with Gasteiger partial charge in [-0.3, -0.25) is 0 Å². The first kappa shape index (κ1) is 15.5. The van der Waals surface area contributed by atoms with E-state index in [1.54, 1.807) is 17.4 Å². The molecule has 2 amide bonds. The Kier molecular flexibility index (Phi) is 4.01. The van der Waals surface area contributed by atoms with Crippen molar-refractivity contribution in [2.24, 2.45) is 0 Å². The molecule has 128 valence electrons. The van der Waals surface area contributed by atoms with Crippen LogP contribution in [0.2, 0.25) is 0 Å². The molecule has 0 aliphatic carbocycles. The van der Waals surface area contributed by atoms with E-state index >= 15 is 0 Å². The summed E-state index contributed by atoms with van der Waals surface area (Å²) in [6.07, 6.45) is 5.49. The number of hydrogen-bond donors (Lipinski definition) is 1. The van der Waals surface area contributed by atoms with Crippen molar-refractivity contribution in [3.63, 3.8) is 0 Å². The maximum absolute atomic E-state index is 12.6. The molecule has 1 aromatic carbocycles. The first-order valence-corrected chi connectivity index (χ1v) is 8.37. The number of nitrogens with one attached hydrogen (secondary N) is 1. The maximum atomic E-state index is 12.6. The highest BCUT2D eigenvalue weighted by Crippen LogP contribution is 2.24. The van der Waals surface area contributed by atoms with E-state index in [4.69, 9.17) is 4.74 Å². The van der Waals surface area contributed by atoms with E-state index in [1.165, 1.54) is 0 Å². The number of carbonyl (C=O) groups excluding carboxylic acids is 1. The molecule has 4 rings (SSSR count). The van der Waals surface area contributed by atoms with Crippen molar-refractivity contribution in [1.29, 1.82) is 0 Å². The Morgan fingerprint density at radius 3 is 3.12 bits per heavy atom. The number of aromatic nitrogens is 2. The van der Waals surface area contributed by atoms with E-state index in [0.29, 0.717) is 19.6 Å². The average Bonchev–Trinajstić information content (AvgIpc) is 3.01. The number of urea groups is 1. The fourth-order valence-corrected chi connectivity index (χ4v) is 3.10. The molecule has 3 heterocycles. The van der Waals surface area contributed by atoms with Gasteiger partial charge in [0.05, 0.1) is 31.1 Å². The summed E-state index contributed by atoms with van der Waals surface area (Å²) in [5.74, 6) is 0.857. The molecule has 0 fully saturated rings. The predicted octanol–water partition coefficient (Wildman–Crippen LogP) is 2.83. The molecule has 1 N–H and O–H groups in total. The Labute approximate surface area is 146 Å². The van der Waals surface area contributed by atoms with E-state index in [2.05, 4.69) is 10.3 Å². The van der Waals surface area contributed by atoms with E-state index < -0.39 is 0 Å². The lowest BCUT2D eigenvalue weighted by Crippen LogP contribution is -2.42. The minimum absolute atomic E-state index is 0.0447. The van der Waals surface area contributed by atoms with Crippen LogP contribution in [0.1, 0.15) is 18.1 Å². The van der Waals surface area contributed by atoms with Crippen molar-refractivity contribution in [3.05, 3.63) is 66.2 Å². The monoisotopic (exact) mass is 336 g/mol. The molecule has 0 bridgehead atoms. The largest absolute Gasteiger partial charge is 0.489 e. The van der Waals surface area contributed by atoms with Gasteiger partial charge in [0.1, 0.15) is 11.9 Å². The molecular weight excluding hydrogens is 316 g/mol. The van der Waals surface area contributed by atoms with Crippen LogP contribution in [0.15, 0.2) is 55.1 Å². The number of carbonyl (C=O) groups is 1. The van der Waals surface area contributed by atoms with E-state index in [9.17, 15) is 4.79 Å². The number of hydrogen-bond acceptors (Lipinski definition) is 3. The molecule has 1 atom stereocenters. The summed E-state index contributed by atoms with van der Waals surface area (Å²) in [6.45, 7) is 3.56. The smallest absolute Gasteiger partial charge is 0.318 e. The van der Waals surface area contributed by atoms with Crippen molar-refractivity contribution in [3.8, 4) is 5.75 Å². The Balaban J connectivity index is 1.45. The quantitative estimate of drug-likeness (QED) is 0.783. The van der Waals surface area contributed by atoms with Crippen molar-refractivity contribution < 1.29 is 9.53 Å². The molecule has 6 nitrogen and oxygen atoms in total. The van der Waals surface area contributed by atoms with Crippen LogP contribution >= 0.6 is 0 Å². The summed E-state index contributed by atoms with van der Waals surface area (Å²) < 4.78 is 7.85. The molecule has 3 aromatic rings. The van der Waals surface area contributed by atoms with Crippen LogP contribution in [0, 0.1) is 0 Å². The molecule has 25 heavy (non-hydrogen) atoms. The van der Waals surface area contributed by atoms with Crippen LogP contribution in [0.4, 0.5) is 4.79 Å². The molecular formula is C19H20N4O2. The first-order chi connectivity index (χ1) is 12.2. The molecule has 1 unspecified atom stereocenters. The third-order valence-electron chi connectivity index (χ3n) is 4.34. The zero-order valence-corrected chi connectivity index (χ0v) is 14.1. The van der Waals surface area contributed by atoms with Gasteiger partial charge in [-0.25, -0.2) is 9.78 Å². The summed E-state index contributed by atoms with van der Waals surface area (Å²) in [5.41, 5.74) is 3.09. The van der Waals surface area contributed by atoms with Gasteiger partial charge in [0, 0.05) is 18.3 Å². The SMILES string of the molecule is CC1CN(C(=O)NCc2ccc3cncn3c2)Cc2ccccc2O1. The standard InChI is InChI=1S/C19H20N4O2/c1-14-10-22(12-16-4-2-3-5-18(16)25-14)19(24)21-8-15-6-7-17-9-20-13-23(17)11-15/h2-7,9,11,13-14H,8,10,12H2,1H3,(H,21,24). The van der Waals surface area contributed by atoms with Gasteiger partial charge in [-0.15, -0.1) is 0 Å². The van der Waals surface area contributed by atoms with Gasteiger partial charge in [0.15, 0.2) is 0 Å². The van der Waals surface area contributed by atoms with Gasteiger partial charge < -0.3 is 19.4 Å². The maximum Gasteiger partial charge on any atom is 0.318 e. The Bertz CT molecular complexity index is 905. The predicted molar refractivity (Wildman–Crippen MR) is 94.4 cm³/mol. The number of para-hydroxylation sites is 1. The fourth-order valence-electron chi connectivity index (χ4n) is 3.10. The second-order valence-electron chi connectivity index (χ2n) is 6.34. The zero-order valence-electron chi connectivity index (χ0n) is 14.1. The lowest BCUT2D eigenvalue weighted by molar-refractivity contribution is 0.158. The zero-order chi connectivity index (χ0) is 17.2. The van der Waals surface area contributed by atoms with Crippen LogP contribution in [0.3, 0.4) is 0 Å². The number of benzene rings is 1. The third kappa shape index (κ3) is 3.28. The van der Waals surface area contributed by atoms with Crippen LogP contribution in [-0.2, 0) is 13.1 Å². The van der Waals surface area contributed by atoms with Crippen LogP contribution in [-0.4, -0.2) is 33.0 Å². The third-order valence-corrected chi connectivity index (χ3v) is 4.34. The lowest BCUT2D eigenvalue weighted by Gasteiger charge is -2.22. The number of amides is 2. The van der Waals surface area contributed by atoms with Crippen molar-refractivity contribution in [1.82, 2.24) is 19.6 Å².